The predicted molar refractivity (Wildman–Crippen MR) is 87.8 cm³/mol. The zero-order valence-corrected chi connectivity index (χ0v) is 14.6. The summed E-state index contributed by atoms with van der Waals surface area (Å²) >= 11 is 11.8. The molecule has 0 aliphatic heterocycles. The molecule has 0 saturated carbocycles. The summed E-state index contributed by atoms with van der Waals surface area (Å²) < 4.78 is 10.0. The molecule has 2 aromatic rings. The summed E-state index contributed by atoms with van der Waals surface area (Å²) in [5.41, 5.74) is -0.331. The van der Waals surface area contributed by atoms with E-state index in [4.69, 9.17) is 23.2 Å². The average Bonchev–Trinajstić information content (AvgIpc) is 2.99. The minimum atomic E-state index is -0.886. The van der Waals surface area contributed by atoms with Crippen LogP contribution in [0.25, 0.3) is 0 Å². The minimum Gasteiger partial charge on any atom is -0.464 e. The van der Waals surface area contributed by atoms with E-state index in [2.05, 4.69) is 25.1 Å². The molecule has 1 aromatic carbocycles. The van der Waals surface area contributed by atoms with Crippen molar-refractivity contribution in [3.05, 3.63) is 39.6 Å². The van der Waals surface area contributed by atoms with Gasteiger partial charge in [-0.3, -0.25) is 4.79 Å². The van der Waals surface area contributed by atoms with Crippen LogP contribution >= 0.6 is 23.2 Å². The molecule has 25 heavy (non-hydrogen) atoms. The maximum atomic E-state index is 12.2. The Morgan fingerprint density at radius 1 is 1.16 bits per heavy atom. The molecule has 0 fully saturated rings. The van der Waals surface area contributed by atoms with Crippen molar-refractivity contribution in [1.82, 2.24) is 15.0 Å². The molecular weight excluding hydrogens is 375 g/mol. The molecule has 0 radical (unpaired) electrons. The standard InChI is InChI=1S/C14H12Cl2N4O5/c1-24-13(22)11-12(14(23)25-2)20(19-18-11)6-10(21)17-9-4-3-7(15)5-8(9)16/h3-5H,6H2,1-2H3,(H,17,21). The van der Waals surface area contributed by atoms with Crippen LogP contribution in [-0.2, 0) is 20.8 Å². The van der Waals surface area contributed by atoms with Crippen molar-refractivity contribution in [1.29, 1.82) is 0 Å². The number of nitrogens with zero attached hydrogens (tertiary/aromatic N) is 3. The predicted octanol–water partition coefficient (Wildman–Crippen LogP) is 1.80. The first-order valence-electron chi connectivity index (χ1n) is 6.72. The second kappa shape index (κ2) is 7.95. The van der Waals surface area contributed by atoms with Crippen LogP contribution in [0.4, 0.5) is 5.69 Å². The lowest BCUT2D eigenvalue weighted by atomic mass is 10.3. The summed E-state index contributed by atoms with van der Waals surface area (Å²) in [5.74, 6) is -2.33. The van der Waals surface area contributed by atoms with E-state index < -0.39 is 24.4 Å². The Labute approximate surface area is 151 Å². The third kappa shape index (κ3) is 4.25. The van der Waals surface area contributed by atoms with E-state index in [1.807, 2.05) is 0 Å². The molecule has 0 saturated heterocycles. The van der Waals surface area contributed by atoms with Gasteiger partial charge in [0.25, 0.3) is 0 Å². The highest BCUT2D eigenvalue weighted by molar-refractivity contribution is 6.36. The van der Waals surface area contributed by atoms with Gasteiger partial charge in [0.2, 0.25) is 11.6 Å². The fourth-order valence-electron chi connectivity index (χ4n) is 1.87. The maximum absolute atomic E-state index is 12.2. The molecular formula is C14H12Cl2N4O5. The van der Waals surface area contributed by atoms with Crippen LogP contribution in [0.15, 0.2) is 18.2 Å². The Balaban J connectivity index is 2.24. The van der Waals surface area contributed by atoms with Gasteiger partial charge in [-0.15, -0.1) is 5.10 Å². The summed E-state index contributed by atoms with van der Waals surface area (Å²) in [4.78, 5) is 35.7. The van der Waals surface area contributed by atoms with Gasteiger partial charge in [-0.1, -0.05) is 28.4 Å². The minimum absolute atomic E-state index is 0.239. The molecule has 0 aliphatic rings. The van der Waals surface area contributed by atoms with Crippen molar-refractivity contribution < 1.29 is 23.9 Å². The van der Waals surface area contributed by atoms with Crippen molar-refractivity contribution in [2.24, 2.45) is 0 Å². The van der Waals surface area contributed by atoms with Crippen molar-refractivity contribution >= 4 is 46.7 Å². The van der Waals surface area contributed by atoms with Crippen molar-refractivity contribution in [3.8, 4) is 0 Å². The van der Waals surface area contributed by atoms with Crippen LogP contribution in [-0.4, -0.2) is 47.1 Å². The van der Waals surface area contributed by atoms with Gasteiger partial charge in [0.15, 0.2) is 5.69 Å². The summed E-state index contributed by atoms with van der Waals surface area (Å²) in [6.07, 6.45) is 0. The molecule has 0 bridgehead atoms. The number of ether oxygens (including phenoxy) is 2. The average molecular weight is 387 g/mol. The number of benzene rings is 1. The van der Waals surface area contributed by atoms with Gasteiger partial charge in [0, 0.05) is 5.02 Å². The summed E-state index contributed by atoms with van der Waals surface area (Å²) in [6.45, 7) is -0.409. The highest BCUT2D eigenvalue weighted by atomic mass is 35.5. The number of carbonyl (C=O) groups excluding carboxylic acids is 3. The number of hydrogen-bond donors (Lipinski definition) is 1. The molecule has 132 valence electrons. The van der Waals surface area contributed by atoms with E-state index in [0.29, 0.717) is 10.7 Å². The number of amides is 1. The van der Waals surface area contributed by atoms with Crippen LogP contribution in [0.5, 0.6) is 0 Å². The maximum Gasteiger partial charge on any atom is 0.361 e. The van der Waals surface area contributed by atoms with E-state index in [-0.39, 0.29) is 16.4 Å². The molecule has 0 spiro atoms. The van der Waals surface area contributed by atoms with Crippen molar-refractivity contribution in [2.45, 2.75) is 6.54 Å². The second-order valence-corrected chi connectivity index (χ2v) is 5.44. The lowest BCUT2D eigenvalue weighted by Crippen LogP contribution is -2.24. The van der Waals surface area contributed by atoms with Gasteiger partial charge >= 0.3 is 11.9 Å². The Bertz CT molecular complexity index is 837. The first kappa shape index (κ1) is 18.7. The third-order valence-corrected chi connectivity index (χ3v) is 3.54. The Morgan fingerprint density at radius 3 is 2.44 bits per heavy atom. The summed E-state index contributed by atoms with van der Waals surface area (Å²) in [6, 6.07) is 4.53. The fraction of sp³-hybridized carbons (Fsp3) is 0.214. The van der Waals surface area contributed by atoms with Crippen LogP contribution < -0.4 is 5.32 Å². The van der Waals surface area contributed by atoms with Crippen LogP contribution in [0.3, 0.4) is 0 Å². The van der Waals surface area contributed by atoms with Gasteiger partial charge in [-0.2, -0.15) is 0 Å². The number of hydrogen-bond acceptors (Lipinski definition) is 7. The van der Waals surface area contributed by atoms with E-state index in [1.54, 1.807) is 6.07 Å². The molecule has 1 amide bonds. The van der Waals surface area contributed by atoms with E-state index in [9.17, 15) is 14.4 Å². The number of aromatic nitrogens is 3. The number of carbonyl (C=O) groups is 3. The lowest BCUT2D eigenvalue weighted by Gasteiger charge is -2.09. The number of methoxy groups -OCH3 is 2. The van der Waals surface area contributed by atoms with Crippen LogP contribution in [0.1, 0.15) is 21.0 Å². The quantitative estimate of drug-likeness (QED) is 0.779. The van der Waals surface area contributed by atoms with Gasteiger partial charge in [0.1, 0.15) is 6.54 Å². The molecule has 11 heteroatoms. The van der Waals surface area contributed by atoms with E-state index in [1.165, 1.54) is 12.1 Å². The third-order valence-electron chi connectivity index (χ3n) is 2.99. The summed E-state index contributed by atoms with van der Waals surface area (Å²) in [7, 11) is 2.24. The van der Waals surface area contributed by atoms with Gasteiger partial charge < -0.3 is 14.8 Å². The molecule has 1 N–H and O–H groups in total. The van der Waals surface area contributed by atoms with Crippen LogP contribution in [0, 0.1) is 0 Å². The zero-order chi connectivity index (χ0) is 18.6. The highest BCUT2D eigenvalue weighted by Crippen LogP contribution is 2.25. The number of halogens is 2. The van der Waals surface area contributed by atoms with E-state index >= 15 is 0 Å². The Hall–Kier alpha value is -2.65. The Morgan fingerprint density at radius 2 is 1.84 bits per heavy atom. The SMILES string of the molecule is COC(=O)c1nnn(CC(=O)Nc2ccc(Cl)cc2Cl)c1C(=O)OC. The van der Waals surface area contributed by atoms with E-state index in [0.717, 1.165) is 18.9 Å². The normalized spacial score (nSPS) is 10.2. The Kier molecular flexibility index (Phi) is 5.94. The molecule has 9 nitrogen and oxygen atoms in total. The molecule has 0 aliphatic carbocycles. The van der Waals surface area contributed by atoms with Crippen molar-refractivity contribution in [3.63, 3.8) is 0 Å². The molecule has 2 rings (SSSR count). The number of anilines is 1. The van der Waals surface area contributed by atoms with Crippen molar-refractivity contribution in [2.75, 3.05) is 19.5 Å². The number of nitrogens with one attached hydrogen (secondary N) is 1. The number of rotatable bonds is 5. The highest BCUT2D eigenvalue weighted by Gasteiger charge is 2.27. The fourth-order valence-corrected chi connectivity index (χ4v) is 2.33. The lowest BCUT2D eigenvalue weighted by molar-refractivity contribution is -0.116. The topological polar surface area (TPSA) is 112 Å². The molecule has 0 unspecified atom stereocenters. The first-order chi connectivity index (χ1) is 11.9. The second-order valence-electron chi connectivity index (χ2n) is 4.60. The molecule has 1 heterocycles. The molecule has 0 atom stereocenters. The van der Waals surface area contributed by atoms with Gasteiger partial charge in [-0.25, -0.2) is 14.3 Å². The largest absolute Gasteiger partial charge is 0.464 e. The number of esters is 2. The van der Waals surface area contributed by atoms with Crippen LogP contribution in [0.2, 0.25) is 10.0 Å². The monoisotopic (exact) mass is 386 g/mol. The smallest absolute Gasteiger partial charge is 0.361 e. The van der Waals surface area contributed by atoms with Gasteiger partial charge in [0.05, 0.1) is 24.9 Å². The van der Waals surface area contributed by atoms with Gasteiger partial charge in [-0.05, 0) is 18.2 Å². The first-order valence-corrected chi connectivity index (χ1v) is 7.48. The molecule has 1 aromatic heterocycles. The zero-order valence-electron chi connectivity index (χ0n) is 13.1. The summed E-state index contributed by atoms with van der Waals surface area (Å²) in [5, 5.41) is 10.4.